The highest BCUT2D eigenvalue weighted by molar-refractivity contribution is 6.06. The summed E-state index contributed by atoms with van der Waals surface area (Å²) in [6.07, 6.45) is 3.95. The Morgan fingerprint density at radius 3 is 2.45 bits per heavy atom. The second-order valence-electron chi connectivity index (χ2n) is 8.36. The van der Waals surface area contributed by atoms with Crippen LogP contribution in [-0.2, 0) is 35.5 Å². The first-order valence-corrected chi connectivity index (χ1v) is 11.5. The van der Waals surface area contributed by atoms with E-state index in [0.717, 1.165) is 58.2 Å². The van der Waals surface area contributed by atoms with Crippen LogP contribution in [0.1, 0.15) is 48.7 Å². The highest BCUT2D eigenvalue weighted by atomic mass is 16.5. The lowest BCUT2D eigenvalue weighted by atomic mass is 10.1. The maximum Gasteiger partial charge on any atom is 0.305 e. The third-order valence-corrected chi connectivity index (χ3v) is 6.05. The number of pyridine rings is 1. The predicted molar refractivity (Wildman–Crippen MR) is 132 cm³/mol. The minimum atomic E-state index is -0.225. The second kappa shape index (κ2) is 10.0. The van der Waals surface area contributed by atoms with Gasteiger partial charge in [0.25, 0.3) is 0 Å². The molecule has 7 heteroatoms. The average Bonchev–Trinajstić information content (AvgIpc) is 3.20. The van der Waals surface area contributed by atoms with Crippen LogP contribution in [0.3, 0.4) is 0 Å². The largest absolute Gasteiger partial charge is 0.469 e. The molecule has 33 heavy (non-hydrogen) atoms. The zero-order valence-corrected chi connectivity index (χ0v) is 19.3. The molecule has 0 aliphatic heterocycles. The molecule has 0 bridgehead atoms. The number of methoxy groups -OCH3 is 1. The fourth-order valence-corrected chi connectivity index (χ4v) is 4.17. The van der Waals surface area contributed by atoms with Crippen molar-refractivity contribution in [3.05, 3.63) is 65.0 Å². The van der Waals surface area contributed by atoms with Gasteiger partial charge in [-0.15, -0.1) is 0 Å². The van der Waals surface area contributed by atoms with Crippen LogP contribution in [0.5, 0.6) is 0 Å². The molecule has 0 aliphatic carbocycles. The van der Waals surface area contributed by atoms with Crippen LogP contribution in [0.4, 0.5) is 5.82 Å². The number of aryl methyl sites for hydroxylation is 2. The summed E-state index contributed by atoms with van der Waals surface area (Å²) in [6, 6.07) is 14.5. The number of nitrogens with zero attached hydrogens (tertiary/aromatic N) is 3. The van der Waals surface area contributed by atoms with Gasteiger partial charge in [-0.2, -0.15) is 0 Å². The van der Waals surface area contributed by atoms with Crippen LogP contribution >= 0.6 is 0 Å². The highest BCUT2D eigenvalue weighted by Crippen LogP contribution is 2.31. The van der Waals surface area contributed by atoms with Crippen LogP contribution in [0.2, 0.25) is 0 Å². The number of anilines is 1. The number of imidazole rings is 1. The van der Waals surface area contributed by atoms with Crippen molar-refractivity contribution in [2.75, 3.05) is 12.8 Å². The lowest BCUT2D eigenvalue weighted by Gasteiger charge is -2.12. The maximum absolute atomic E-state index is 11.5. The van der Waals surface area contributed by atoms with Crippen molar-refractivity contribution in [1.29, 1.82) is 0 Å². The van der Waals surface area contributed by atoms with Gasteiger partial charge in [0.15, 0.2) is 5.82 Å². The molecule has 0 saturated carbocycles. The molecule has 0 unspecified atom stereocenters. The van der Waals surface area contributed by atoms with E-state index in [9.17, 15) is 4.79 Å². The van der Waals surface area contributed by atoms with Gasteiger partial charge in [-0.25, -0.2) is 9.97 Å². The third kappa shape index (κ3) is 4.83. The Morgan fingerprint density at radius 2 is 1.76 bits per heavy atom. The Bertz CT molecular complexity index is 1280. The fraction of sp³-hybridized carbons (Fsp3) is 0.346. The topological polar surface area (TPSA) is 109 Å². The molecule has 0 atom stereocenters. The van der Waals surface area contributed by atoms with Crippen molar-refractivity contribution in [3.63, 3.8) is 0 Å². The molecule has 0 saturated heterocycles. The molecular formula is C26H31N5O2. The van der Waals surface area contributed by atoms with Gasteiger partial charge in [-0.05, 0) is 35.6 Å². The molecule has 0 spiro atoms. The monoisotopic (exact) mass is 445 g/mol. The number of rotatable bonds is 9. The number of carbonyl (C=O) groups is 1. The number of nitrogens with two attached hydrogens (primary N) is 2. The van der Waals surface area contributed by atoms with Gasteiger partial charge >= 0.3 is 5.97 Å². The molecule has 4 aromatic rings. The Hall–Kier alpha value is -3.45. The third-order valence-electron chi connectivity index (χ3n) is 6.05. The van der Waals surface area contributed by atoms with Gasteiger partial charge in [0, 0.05) is 31.3 Å². The number of benzene rings is 2. The SMILES string of the molecule is CCCCc1nc2c(N)nc3cc(CCC(=O)OC)ccc3c2n1Cc1ccc(CN)cc1. The van der Waals surface area contributed by atoms with Gasteiger partial charge < -0.3 is 20.8 Å². The molecule has 0 amide bonds. The second-order valence-corrected chi connectivity index (χ2v) is 8.36. The van der Waals surface area contributed by atoms with Crippen LogP contribution in [0.25, 0.3) is 21.9 Å². The number of carbonyl (C=O) groups excluding carboxylic acids is 1. The Labute approximate surface area is 193 Å². The minimum absolute atomic E-state index is 0.225. The predicted octanol–water partition coefficient (Wildman–Crippen LogP) is 4.12. The zero-order chi connectivity index (χ0) is 23.4. The lowest BCUT2D eigenvalue weighted by Crippen LogP contribution is -2.06. The standard InChI is InChI=1S/C26H31N5O2/c1-3-4-5-22-30-24-25(31(22)16-19-8-6-18(15-27)7-9-19)20-12-10-17(11-13-23(32)33-2)14-21(20)29-26(24)28/h6-10,12,14H,3-5,11,13,15-16,27H2,1-2H3,(H2,28,29). The first-order chi connectivity index (χ1) is 16.0. The molecule has 2 heterocycles. The van der Waals surface area contributed by atoms with Crippen molar-refractivity contribution in [1.82, 2.24) is 14.5 Å². The van der Waals surface area contributed by atoms with E-state index in [-0.39, 0.29) is 5.97 Å². The van der Waals surface area contributed by atoms with Crippen molar-refractivity contribution in [2.45, 2.75) is 52.1 Å². The zero-order valence-electron chi connectivity index (χ0n) is 19.3. The lowest BCUT2D eigenvalue weighted by molar-refractivity contribution is -0.140. The van der Waals surface area contributed by atoms with Crippen LogP contribution in [0, 0.1) is 0 Å². The smallest absolute Gasteiger partial charge is 0.305 e. The van der Waals surface area contributed by atoms with E-state index in [2.05, 4.69) is 46.8 Å². The summed E-state index contributed by atoms with van der Waals surface area (Å²) in [5, 5.41) is 1.01. The molecule has 0 radical (unpaired) electrons. The number of esters is 1. The summed E-state index contributed by atoms with van der Waals surface area (Å²) in [7, 11) is 1.41. The summed E-state index contributed by atoms with van der Waals surface area (Å²) in [5.74, 6) is 1.22. The summed E-state index contributed by atoms with van der Waals surface area (Å²) in [5.41, 5.74) is 18.0. The van der Waals surface area contributed by atoms with Crippen molar-refractivity contribution >= 4 is 33.7 Å². The van der Waals surface area contributed by atoms with Gasteiger partial charge in [0.05, 0.1) is 18.1 Å². The van der Waals surface area contributed by atoms with E-state index in [1.165, 1.54) is 12.7 Å². The van der Waals surface area contributed by atoms with E-state index in [1.807, 2.05) is 12.1 Å². The number of nitrogen functional groups attached to an aromatic ring is 1. The molecule has 0 fully saturated rings. The summed E-state index contributed by atoms with van der Waals surface area (Å²) < 4.78 is 7.04. The van der Waals surface area contributed by atoms with Gasteiger partial charge in [-0.1, -0.05) is 49.7 Å². The van der Waals surface area contributed by atoms with Crippen LogP contribution in [-0.4, -0.2) is 27.6 Å². The molecule has 2 aromatic heterocycles. The van der Waals surface area contributed by atoms with Crippen molar-refractivity contribution < 1.29 is 9.53 Å². The molecule has 0 aliphatic rings. The van der Waals surface area contributed by atoms with E-state index in [1.54, 1.807) is 0 Å². The number of hydrogen-bond donors (Lipinski definition) is 2. The van der Waals surface area contributed by atoms with E-state index >= 15 is 0 Å². The Morgan fingerprint density at radius 1 is 1.03 bits per heavy atom. The van der Waals surface area contributed by atoms with Gasteiger partial charge in [-0.3, -0.25) is 4.79 Å². The first-order valence-electron chi connectivity index (χ1n) is 11.5. The fourth-order valence-electron chi connectivity index (χ4n) is 4.17. The van der Waals surface area contributed by atoms with Crippen molar-refractivity contribution in [2.24, 2.45) is 5.73 Å². The number of hydrogen-bond acceptors (Lipinski definition) is 6. The molecule has 172 valence electrons. The van der Waals surface area contributed by atoms with Crippen LogP contribution in [0.15, 0.2) is 42.5 Å². The van der Waals surface area contributed by atoms with E-state index < -0.39 is 0 Å². The van der Waals surface area contributed by atoms with E-state index in [4.69, 9.17) is 21.2 Å². The summed E-state index contributed by atoms with van der Waals surface area (Å²) >= 11 is 0. The molecule has 2 aromatic carbocycles. The quantitative estimate of drug-likeness (QED) is 0.375. The molecule has 4 N–H and O–H groups in total. The Kier molecular flexibility index (Phi) is 6.89. The average molecular weight is 446 g/mol. The summed E-state index contributed by atoms with van der Waals surface area (Å²) in [4.78, 5) is 21.1. The number of unbranched alkanes of at least 4 members (excludes halogenated alkanes) is 1. The first kappa shape index (κ1) is 22.7. The van der Waals surface area contributed by atoms with Crippen LogP contribution < -0.4 is 11.5 Å². The summed E-state index contributed by atoms with van der Waals surface area (Å²) in [6.45, 7) is 3.41. The molecule has 7 nitrogen and oxygen atoms in total. The van der Waals surface area contributed by atoms with Gasteiger partial charge in [0.1, 0.15) is 11.3 Å². The molecule has 4 rings (SSSR count). The number of fused-ring (bicyclic) bond motifs is 3. The maximum atomic E-state index is 11.5. The van der Waals surface area contributed by atoms with Gasteiger partial charge in [0.2, 0.25) is 0 Å². The Balaban J connectivity index is 1.82. The minimum Gasteiger partial charge on any atom is -0.469 e. The van der Waals surface area contributed by atoms with E-state index in [0.29, 0.717) is 31.7 Å². The number of aromatic nitrogens is 3. The van der Waals surface area contributed by atoms with Crippen molar-refractivity contribution in [3.8, 4) is 0 Å². The highest BCUT2D eigenvalue weighted by Gasteiger charge is 2.18. The molecular weight excluding hydrogens is 414 g/mol. The normalized spacial score (nSPS) is 11.4. The number of ether oxygens (including phenoxy) is 1.